The number of fused-ring (bicyclic) bond motifs is 1. The number of amidine groups is 1. The van der Waals surface area contributed by atoms with Crippen molar-refractivity contribution in [1.82, 2.24) is 14.7 Å². The maximum Gasteiger partial charge on any atom is 0.417 e. The molecular formula is C11H19N4O2+. The van der Waals surface area contributed by atoms with Crippen LogP contribution in [0.25, 0.3) is 0 Å². The molecule has 0 aromatic heterocycles. The van der Waals surface area contributed by atoms with Gasteiger partial charge in [-0.25, -0.2) is 9.69 Å². The zero-order chi connectivity index (χ0) is 12.7. The van der Waals surface area contributed by atoms with Gasteiger partial charge < -0.3 is 0 Å². The molecule has 6 heteroatoms. The molecule has 1 unspecified atom stereocenters. The van der Waals surface area contributed by atoms with Crippen LogP contribution in [0.15, 0.2) is 0 Å². The van der Waals surface area contributed by atoms with Crippen molar-refractivity contribution in [2.45, 2.75) is 19.9 Å². The lowest BCUT2D eigenvalue weighted by atomic mass is 10.0. The van der Waals surface area contributed by atoms with Crippen LogP contribution >= 0.6 is 0 Å². The number of urea groups is 1. The number of hydrogen-bond acceptors (Lipinski definition) is 3. The van der Waals surface area contributed by atoms with Crippen LogP contribution in [0.2, 0.25) is 0 Å². The van der Waals surface area contributed by atoms with Crippen LogP contribution in [0.1, 0.15) is 13.8 Å². The monoisotopic (exact) mass is 239 g/mol. The lowest BCUT2D eigenvalue weighted by molar-refractivity contribution is -0.500. The van der Waals surface area contributed by atoms with Crippen LogP contribution in [0.4, 0.5) is 4.79 Å². The van der Waals surface area contributed by atoms with E-state index in [2.05, 4.69) is 23.7 Å². The first-order chi connectivity index (χ1) is 7.93. The molecule has 0 saturated carbocycles. The maximum atomic E-state index is 12.1. The SMILES string of the molecule is CC(C)N1C[NH+]=C2C(C1)C(=O)N(C)C(=O)N2C. The van der Waals surface area contributed by atoms with Crippen LogP contribution in [0, 0.1) is 5.92 Å². The molecule has 94 valence electrons. The van der Waals surface area contributed by atoms with Gasteiger partial charge in [0.1, 0.15) is 6.67 Å². The van der Waals surface area contributed by atoms with Gasteiger partial charge in [-0.1, -0.05) is 0 Å². The highest BCUT2D eigenvalue weighted by molar-refractivity contribution is 6.16. The van der Waals surface area contributed by atoms with Crippen molar-refractivity contribution in [2.24, 2.45) is 5.92 Å². The van der Waals surface area contributed by atoms with Gasteiger partial charge in [-0.15, -0.1) is 0 Å². The van der Waals surface area contributed by atoms with Crippen LogP contribution in [0.5, 0.6) is 0 Å². The summed E-state index contributed by atoms with van der Waals surface area (Å²) in [5, 5.41) is 0. The highest BCUT2D eigenvalue weighted by Crippen LogP contribution is 2.17. The fourth-order valence-electron chi connectivity index (χ4n) is 2.29. The van der Waals surface area contributed by atoms with E-state index in [1.54, 1.807) is 7.05 Å². The fourth-order valence-corrected chi connectivity index (χ4v) is 2.29. The molecule has 17 heavy (non-hydrogen) atoms. The minimum atomic E-state index is -0.272. The number of carbonyl (C=O) groups excluding carboxylic acids is 2. The Balaban J connectivity index is 2.30. The van der Waals surface area contributed by atoms with Crippen LogP contribution in [0.3, 0.4) is 0 Å². The van der Waals surface area contributed by atoms with Gasteiger partial charge in [-0.3, -0.25) is 14.7 Å². The predicted molar refractivity (Wildman–Crippen MR) is 62.1 cm³/mol. The standard InChI is InChI=1S/C11H18N4O2/c1-7(2)15-5-8-9(12-6-15)13(3)11(17)14(4)10(8)16/h7-8H,5-6H2,1-4H3/p+1. The second kappa shape index (κ2) is 4.10. The molecule has 2 rings (SSSR count). The van der Waals surface area contributed by atoms with Gasteiger partial charge in [0, 0.05) is 19.6 Å². The molecule has 0 spiro atoms. The first-order valence-electron chi connectivity index (χ1n) is 5.83. The van der Waals surface area contributed by atoms with Crippen molar-refractivity contribution in [2.75, 3.05) is 27.3 Å². The van der Waals surface area contributed by atoms with E-state index in [4.69, 9.17) is 0 Å². The largest absolute Gasteiger partial charge is 0.417 e. The van der Waals surface area contributed by atoms with Crippen molar-refractivity contribution in [3.8, 4) is 0 Å². The molecule has 1 fully saturated rings. The Kier molecular flexibility index (Phi) is 2.91. The first-order valence-corrected chi connectivity index (χ1v) is 5.83. The Labute approximate surface area is 101 Å². The molecule has 2 aliphatic rings. The Bertz CT molecular complexity index is 391. The number of hydrogen-bond donors (Lipinski definition) is 1. The Morgan fingerprint density at radius 3 is 2.47 bits per heavy atom. The summed E-state index contributed by atoms with van der Waals surface area (Å²) in [4.78, 5) is 31.9. The van der Waals surface area contributed by atoms with Gasteiger partial charge in [0.15, 0.2) is 5.92 Å². The van der Waals surface area contributed by atoms with E-state index in [0.29, 0.717) is 19.3 Å². The molecule has 2 aliphatic heterocycles. The molecule has 1 atom stereocenters. The molecule has 2 heterocycles. The molecule has 3 amide bonds. The third-order valence-corrected chi connectivity index (χ3v) is 3.50. The number of carbonyl (C=O) groups is 2. The minimum absolute atomic E-state index is 0.124. The van der Waals surface area contributed by atoms with E-state index in [0.717, 1.165) is 5.84 Å². The summed E-state index contributed by atoms with van der Waals surface area (Å²) < 4.78 is 0. The van der Waals surface area contributed by atoms with Gasteiger partial charge in [0.25, 0.3) is 5.84 Å². The fraction of sp³-hybridized carbons (Fsp3) is 0.727. The summed E-state index contributed by atoms with van der Waals surface area (Å²) in [6, 6.07) is 0.108. The zero-order valence-electron chi connectivity index (χ0n) is 10.7. The van der Waals surface area contributed by atoms with E-state index in [-0.39, 0.29) is 17.9 Å². The smallest absolute Gasteiger partial charge is 0.273 e. The van der Waals surface area contributed by atoms with Crippen molar-refractivity contribution in [1.29, 1.82) is 0 Å². The van der Waals surface area contributed by atoms with E-state index in [1.165, 1.54) is 16.8 Å². The van der Waals surface area contributed by atoms with E-state index >= 15 is 0 Å². The van der Waals surface area contributed by atoms with E-state index < -0.39 is 0 Å². The van der Waals surface area contributed by atoms with Gasteiger partial charge >= 0.3 is 6.03 Å². The Morgan fingerprint density at radius 1 is 1.24 bits per heavy atom. The third-order valence-electron chi connectivity index (χ3n) is 3.50. The van der Waals surface area contributed by atoms with Crippen LogP contribution < -0.4 is 4.99 Å². The van der Waals surface area contributed by atoms with E-state index in [1.807, 2.05) is 0 Å². The van der Waals surface area contributed by atoms with Gasteiger partial charge in [-0.05, 0) is 13.8 Å². The van der Waals surface area contributed by atoms with Crippen molar-refractivity contribution < 1.29 is 14.6 Å². The lowest BCUT2D eigenvalue weighted by Crippen LogP contribution is -2.87. The first kappa shape index (κ1) is 12.0. The van der Waals surface area contributed by atoms with E-state index in [9.17, 15) is 9.59 Å². The summed E-state index contributed by atoms with van der Waals surface area (Å²) in [7, 11) is 3.23. The zero-order valence-corrected chi connectivity index (χ0v) is 10.7. The maximum absolute atomic E-state index is 12.1. The van der Waals surface area contributed by atoms with Gasteiger partial charge in [-0.2, -0.15) is 4.90 Å². The summed E-state index contributed by atoms with van der Waals surface area (Å²) in [6.07, 6.45) is 0. The molecule has 1 saturated heterocycles. The van der Waals surface area contributed by atoms with Crippen LogP contribution in [-0.4, -0.2) is 65.8 Å². The average Bonchev–Trinajstić information content (AvgIpc) is 2.32. The molecule has 0 radical (unpaired) electrons. The number of imide groups is 1. The molecule has 6 nitrogen and oxygen atoms in total. The highest BCUT2D eigenvalue weighted by Gasteiger charge is 2.48. The number of nitrogens with one attached hydrogen (secondary N) is 1. The van der Waals surface area contributed by atoms with Crippen molar-refractivity contribution >= 4 is 17.8 Å². The molecular weight excluding hydrogens is 220 g/mol. The Hall–Kier alpha value is -1.43. The highest BCUT2D eigenvalue weighted by atomic mass is 16.2. The third kappa shape index (κ3) is 1.82. The van der Waals surface area contributed by atoms with Crippen molar-refractivity contribution in [3.05, 3.63) is 0 Å². The van der Waals surface area contributed by atoms with Gasteiger partial charge in [0.05, 0.1) is 7.05 Å². The molecule has 0 aromatic carbocycles. The summed E-state index contributed by atoms with van der Waals surface area (Å²) in [5.41, 5.74) is 0. The number of nitrogens with zero attached hydrogens (tertiary/aromatic N) is 3. The lowest BCUT2D eigenvalue weighted by Gasteiger charge is -2.37. The Morgan fingerprint density at radius 2 is 1.88 bits per heavy atom. The molecule has 0 aromatic rings. The predicted octanol–water partition coefficient (Wildman–Crippen LogP) is -1.71. The second-order valence-corrected chi connectivity index (χ2v) is 4.88. The topological polar surface area (TPSA) is 57.8 Å². The minimum Gasteiger partial charge on any atom is -0.273 e. The second-order valence-electron chi connectivity index (χ2n) is 4.88. The summed E-state index contributed by atoms with van der Waals surface area (Å²) in [5.74, 6) is 0.356. The summed E-state index contributed by atoms with van der Waals surface area (Å²) >= 11 is 0. The quantitative estimate of drug-likeness (QED) is 0.592. The van der Waals surface area contributed by atoms with Crippen molar-refractivity contribution in [3.63, 3.8) is 0 Å². The number of rotatable bonds is 1. The van der Waals surface area contributed by atoms with Crippen LogP contribution in [-0.2, 0) is 4.79 Å². The molecule has 1 N–H and O–H groups in total. The molecule has 0 bridgehead atoms. The normalized spacial score (nSPS) is 26.4. The van der Waals surface area contributed by atoms with Gasteiger partial charge in [0.2, 0.25) is 5.91 Å². The number of amides is 3. The average molecular weight is 239 g/mol. The molecule has 0 aliphatic carbocycles. The summed E-state index contributed by atoms with van der Waals surface area (Å²) in [6.45, 7) is 5.54.